The first-order valence-electron chi connectivity index (χ1n) is 12.5. The van der Waals surface area contributed by atoms with Crippen LogP contribution in [0.1, 0.15) is 61.2 Å². The monoisotopic (exact) mass is 703 g/mol. The summed E-state index contributed by atoms with van der Waals surface area (Å²) in [5.74, 6) is 0. The van der Waals surface area contributed by atoms with Crippen LogP contribution in [0.5, 0.6) is 0 Å². The quantitative estimate of drug-likeness (QED) is 0.272. The number of benzene rings is 3. The van der Waals surface area contributed by atoms with Crippen molar-refractivity contribution >= 4 is 11.1 Å². The first-order chi connectivity index (χ1) is 23.1. The lowest BCUT2D eigenvalue weighted by molar-refractivity contribution is -0.162. The van der Waals surface area contributed by atoms with E-state index in [1.807, 2.05) is 0 Å². The minimum absolute atomic E-state index is 0.218. The number of nitriles is 7. The summed E-state index contributed by atoms with van der Waals surface area (Å²) >= 11 is 0. The summed E-state index contributed by atoms with van der Waals surface area (Å²) in [6.07, 6.45) is -23.7. The van der Waals surface area contributed by atoms with Crippen molar-refractivity contribution in [3.8, 4) is 42.5 Å². The molecule has 3 rings (SSSR count). The zero-order valence-electron chi connectivity index (χ0n) is 23.6. The van der Waals surface area contributed by atoms with Gasteiger partial charge in [-0.25, -0.2) is 0 Å². The molecule has 0 heterocycles. The third kappa shape index (κ3) is 6.43. The van der Waals surface area contributed by atoms with Crippen LogP contribution in [0.3, 0.4) is 0 Å². The van der Waals surface area contributed by atoms with Crippen molar-refractivity contribution in [1.82, 2.24) is 0 Å². The molecule has 0 fully saturated rings. The summed E-state index contributed by atoms with van der Waals surface area (Å²) in [6.45, 7) is 0. The second kappa shape index (κ2) is 12.9. The molecular weight excluding hydrogens is 698 g/mol. The molecule has 0 aliphatic rings. The fraction of sp³-hybridized carbons (Fsp3) is 0.129. The Hall–Kier alpha value is -7.01. The van der Waals surface area contributed by atoms with Crippen LogP contribution in [-0.4, -0.2) is 0 Å². The SMILES string of the molecule is N#C/C(c1ccc(C#N)c(C(F)(F)F)c1C(F)(F)F)=c1/cc(C#N)/c(=C(/C#N)c2ccc(C#N)c(C(F)(F)F)c2C(F)(F)F)c(C#N)c1C#N. The topological polar surface area (TPSA) is 167 Å². The number of nitrogens with zero attached hydrogens (tertiary/aromatic N) is 7. The molecule has 0 saturated carbocycles. The maximum atomic E-state index is 14.2. The van der Waals surface area contributed by atoms with E-state index in [1.54, 1.807) is 0 Å². The highest BCUT2D eigenvalue weighted by molar-refractivity contribution is 5.85. The molecule has 0 saturated heterocycles. The third-order valence-corrected chi connectivity index (χ3v) is 6.74. The Balaban J connectivity index is 2.86. The first-order valence-corrected chi connectivity index (χ1v) is 12.5. The van der Waals surface area contributed by atoms with Crippen LogP contribution < -0.4 is 10.4 Å². The molecule has 0 atom stereocenters. The third-order valence-electron chi connectivity index (χ3n) is 6.74. The Kier molecular flexibility index (Phi) is 9.65. The van der Waals surface area contributed by atoms with E-state index in [2.05, 4.69) is 0 Å². The van der Waals surface area contributed by atoms with Crippen molar-refractivity contribution in [2.24, 2.45) is 0 Å². The Morgan fingerprint density at radius 3 is 1.08 bits per heavy atom. The van der Waals surface area contributed by atoms with Crippen molar-refractivity contribution in [3.63, 3.8) is 0 Å². The molecule has 7 nitrogen and oxygen atoms in total. The lowest BCUT2D eigenvalue weighted by atomic mass is 9.86. The van der Waals surface area contributed by atoms with Gasteiger partial charge in [-0.2, -0.15) is 89.5 Å². The standard InChI is InChI=1S/C31H5F12N7/c32-28(33,34)24-13(6-44)1-3-16(26(24)30(38,39)40)19(9-47)18-5-15(8-46)23(22(12-50)20(18)10-48)21(11-49)17-4-2-14(7-45)25(29(35,36)37)27(17)31(41,42)43/h1-5H/b19-18+,23-21+. The van der Waals surface area contributed by atoms with Crippen LogP contribution in [-0.2, 0) is 24.7 Å². The van der Waals surface area contributed by atoms with Gasteiger partial charge in [0.2, 0.25) is 0 Å². The van der Waals surface area contributed by atoms with Gasteiger partial charge < -0.3 is 0 Å². The van der Waals surface area contributed by atoms with E-state index in [0.29, 0.717) is 0 Å². The van der Waals surface area contributed by atoms with Gasteiger partial charge in [0.1, 0.15) is 24.3 Å². The normalized spacial score (nSPS) is 12.9. The van der Waals surface area contributed by atoms with Gasteiger partial charge in [0.05, 0.1) is 79.4 Å². The van der Waals surface area contributed by atoms with Crippen LogP contribution in [0.4, 0.5) is 52.7 Å². The number of rotatable bonds is 2. The van der Waals surface area contributed by atoms with E-state index in [9.17, 15) is 79.0 Å². The van der Waals surface area contributed by atoms with Crippen molar-refractivity contribution in [2.45, 2.75) is 24.7 Å². The van der Waals surface area contributed by atoms with Gasteiger partial charge in [-0.15, -0.1) is 0 Å². The van der Waals surface area contributed by atoms with Crippen molar-refractivity contribution in [3.05, 3.63) is 102 Å². The van der Waals surface area contributed by atoms with Crippen LogP contribution in [0, 0.1) is 79.3 Å². The summed E-state index contributed by atoms with van der Waals surface area (Å²) in [7, 11) is 0. The summed E-state index contributed by atoms with van der Waals surface area (Å²) in [6, 6.07) is 8.91. The molecule has 3 aromatic rings. The predicted molar refractivity (Wildman–Crippen MR) is 138 cm³/mol. The molecule has 0 aliphatic carbocycles. The predicted octanol–water partition coefficient (Wildman–Crippen LogP) is 6.57. The molecule has 3 aromatic carbocycles. The molecule has 0 bridgehead atoms. The second-order valence-corrected chi connectivity index (χ2v) is 9.44. The second-order valence-electron chi connectivity index (χ2n) is 9.44. The molecule has 0 radical (unpaired) electrons. The van der Waals surface area contributed by atoms with Crippen molar-refractivity contribution < 1.29 is 52.7 Å². The highest BCUT2D eigenvalue weighted by Crippen LogP contribution is 2.46. The van der Waals surface area contributed by atoms with E-state index in [-0.39, 0.29) is 30.3 Å². The molecule has 0 amide bonds. The average molecular weight is 703 g/mol. The van der Waals surface area contributed by atoms with Crippen LogP contribution in [0.25, 0.3) is 11.1 Å². The zero-order chi connectivity index (χ0) is 38.1. The summed E-state index contributed by atoms with van der Waals surface area (Å²) in [4.78, 5) is 0. The maximum absolute atomic E-state index is 14.2. The Morgan fingerprint density at radius 1 is 0.420 bits per heavy atom. The Bertz CT molecular complexity index is 2400. The van der Waals surface area contributed by atoms with Gasteiger partial charge in [-0.05, 0) is 18.2 Å². The Morgan fingerprint density at radius 2 is 0.780 bits per heavy atom. The van der Waals surface area contributed by atoms with E-state index in [4.69, 9.17) is 10.5 Å². The zero-order valence-corrected chi connectivity index (χ0v) is 23.6. The maximum Gasteiger partial charge on any atom is 0.418 e. The largest absolute Gasteiger partial charge is 0.418 e. The van der Waals surface area contributed by atoms with Crippen LogP contribution in [0.2, 0.25) is 0 Å². The van der Waals surface area contributed by atoms with Gasteiger partial charge in [0, 0.05) is 21.6 Å². The van der Waals surface area contributed by atoms with Gasteiger partial charge in [-0.3, -0.25) is 0 Å². The molecule has 0 aliphatic heterocycles. The minimum Gasteiger partial charge on any atom is -0.192 e. The lowest BCUT2D eigenvalue weighted by Crippen LogP contribution is -2.28. The summed E-state index contributed by atoms with van der Waals surface area (Å²) < 4.78 is 169. The van der Waals surface area contributed by atoms with Gasteiger partial charge in [-0.1, -0.05) is 12.1 Å². The number of halogens is 12. The van der Waals surface area contributed by atoms with Gasteiger partial charge >= 0.3 is 24.7 Å². The fourth-order valence-electron chi connectivity index (χ4n) is 4.96. The molecular formula is C31H5F12N7. The van der Waals surface area contributed by atoms with E-state index < -0.39 is 107 Å². The highest BCUT2D eigenvalue weighted by Gasteiger charge is 2.49. The number of hydrogen-bond donors (Lipinski definition) is 0. The summed E-state index contributed by atoms with van der Waals surface area (Å²) in [5.41, 5.74) is -23.6. The molecule has 0 spiro atoms. The molecule has 0 N–H and O–H groups in total. The Labute approximate surface area is 270 Å². The van der Waals surface area contributed by atoms with Crippen molar-refractivity contribution in [2.75, 3.05) is 0 Å². The van der Waals surface area contributed by atoms with Gasteiger partial charge in [0.15, 0.2) is 0 Å². The van der Waals surface area contributed by atoms with E-state index in [0.717, 1.165) is 24.3 Å². The van der Waals surface area contributed by atoms with Crippen LogP contribution in [0.15, 0.2) is 30.3 Å². The van der Waals surface area contributed by atoms with Gasteiger partial charge in [0.25, 0.3) is 0 Å². The number of alkyl halides is 12. The fourth-order valence-corrected chi connectivity index (χ4v) is 4.96. The summed E-state index contributed by atoms with van der Waals surface area (Å²) in [5, 5.41) is 65.2. The molecule has 50 heavy (non-hydrogen) atoms. The molecule has 248 valence electrons. The average Bonchev–Trinajstić information content (AvgIpc) is 3.02. The van der Waals surface area contributed by atoms with Crippen molar-refractivity contribution in [1.29, 1.82) is 36.8 Å². The van der Waals surface area contributed by atoms with Crippen LogP contribution >= 0.6 is 0 Å². The number of hydrogen-bond acceptors (Lipinski definition) is 7. The lowest BCUT2D eigenvalue weighted by Gasteiger charge is -2.21. The highest BCUT2D eigenvalue weighted by atomic mass is 19.4. The molecule has 19 heteroatoms. The molecule has 0 unspecified atom stereocenters. The smallest absolute Gasteiger partial charge is 0.192 e. The first kappa shape index (κ1) is 37.4. The molecule has 0 aromatic heterocycles. The minimum atomic E-state index is -5.99. The van der Waals surface area contributed by atoms with E-state index >= 15 is 0 Å². The van der Waals surface area contributed by atoms with E-state index in [1.165, 1.54) is 18.2 Å².